The van der Waals surface area contributed by atoms with E-state index in [1.54, 1.807) is 29.2 Å². The van der Waals surface area contributed by atoms with Crippen LogP contribution in [0.4, 0.5) is 16.2 Å². The Bertz CT molecular complexity index is 1060. The second kappa shape index (κ2) is 8.45. The van der Waals surface area contributed by atoms with Crippen molar-refractivity contribution in [3.63, 3.8) is 0 Å². The molecule has 2 N–H and O–H groups in total. The second-order valence-corrected chi connectivity index (χ2v) is 8.19. The molecule has 2 fully saturated rings. The number of carbonyl (C=O) groups is 4. The average Bonchev–Trinajstić information content (AvgIpc) is 3.31. The first-order valence-corrected chi connectivity index (χ1v) is 10.8. The maximum Gasteiger partial charge on any atom is 0.325 e. The van der Waals surface area contributed by atoms with Gasteiger partial charge in [-0.1, -0.05) is 36.8 Å². The van der Waals surface area contributed by atoms with E-state index < -0.39 is 23.4 Å². The molecule has 2 aliphatic rings. The van der Waals surface area contributed by atoms with E-state index in [-0.39, 0.29) is 12.5 Å². The van der Waals surface area contributed by atoms with Crippen molar-refractivity contribution in [1.29, 1.82) is 0 Å². The van der Waals surface area contributed by atoms with Crippen LogP contribution in [0.3, 0.4) is 0 Å². The molecular formula is C24H26N4O4. The zero-order valence-corrected chi connectivity index (χ0v) is 18.2. The van der Waals surface area contributed by atoms with Crippen LogP contribution in [0.15, 0.2) is 48.5 Å². The molecular weight excluding hydrogens is 408 g/mol. The minimum absolute atomic E-state index is 0.0910. The number of amides is 5. The molecule has 5 amide bonds. The third-order valence-electron chi connectivity index (χ3n) is 6.09. The monoisotopic (exact) mass is 434 g/mol. The number of urea groups is 1. The minimum atomic E-state index is -1.17. The first-order chi connectivity index (χ1) is 15.3. The summed E-state index contributed by atoms with van der Waals surface area (Å²) in [5.41, 5.74) is 1.88. The first-order valence-electron chi connectivity index (χ1n) is 10.8. The highest BCUT2D eigenvalue weighted by Crippen LogP contribution is 2.32. The quantitative estimate of drug-likeness (QED) is 0.683. The Kier molecular flexibility index (Phi) is 5.69. The lowest BCUT2D eigenvalue weighted by Gasteiger charge is -2.26. The highest BCUT2D eigenvalue weighted by Gasteiger charge is 2.51. The van der Waals surface area contributed by atoms with Crippen LogP contribution >= 0.6 is 0 Å². The number of hydrogen-bond donors (Lipinski definition) is 2. The zero-order valence-electron chi connectivity index (χ0n) is 18.2. The molecule has 2 aliphatic heterocycles. The molecule has 2 saturated heterocycles. The van der Waals surface area contributed by atoms with Gasteiger partial charge in [-0.15, -0.1) is 0 Å². The summed E-state index contributed by atoms with van der Waals surface area (Å²) >= 11 is 0. The summed E-state index contributed by atoms with van der Waals surface area (Å²) in [7, 11) is 0. The number of nitrogens with zero attached hydrogens (tertiary/aromatic N) is 2. The fourth-order valence-electron chi connectivity index (χ4n) is 4.24. The lowest BCUT2D eigenvalue weighted by Crippen LogP contribution is -2.44. The number of carbonyl (C=O) groups excluding carboxylic acids is 4. The Labute approximate surface area is 186 Å². The van der Waals surface area contributed by atoms with Gasteiger partial charge < -0.3 is 15.5 Å². The standard InChI is InChI=1S/C24H26N4O4/c1-3-24(17-8-6-16(2)7-9-17)22(31)28(23(32)26-24)15-20(29)25-18-10-12-19(13-11-18)27-14-4-5-21(27)30/h6-13H,3-5,14-15H2,1-2H3,(H,25,29)(H,26,32)/t24-/m1/s1. The van der Waals surface area contributed by atoms with Gasteiger partial charge in [0.15, 0.2) is 0 Å². The molecule has 0 radical (unpaired) electrons. The van der Waals surface area contributed by atoms with Crippen molar-refractivity contribution < 1.29 is 19.2 Å². The van der Waals surface area contributed by atoms with Gasteiger partial charge in [-0.3, -0.25) is 19.3 Å². The van der Waals surface area contributed by atoms with E-state index in [1.165, 1.54) is 0 Å². The van der Waals surface area contributed by atoms with Gasteiger partial charge in [0.05, 0.1) is 0 Å². The highest BCUT2D eigenvalue weighted by atomic mass is 16.2. The highest BCUT2D eigenvalue weighted by molar-refractivity contribution is 6.10. The number of benzene rings is 2. The molecule has 0 bridgehead atoms. The molecule has 0 unspecified atom stereocenters. The van der Waals surface area contributed by atoms with E-state index in [0.29, 0.717) is 30.6 Å². The van der Waals surface area contributed by atoms with Crippen LogP contribution in [0, 0.1) is 6.92 Å². The minimum Gasteiger partial charge on any atom is -0.325 e. The predicted octanol–water partition coefficient (Wildman–Crippen LogP) is 2.92. The number of aryl methyl sites for hydroxylation is 1. The summed E-state index contributed by atoms with van der Waals surface area (Å²) in [6.45, 7) is 4.08. The third-order valence-corrected chi connectivity index (χ3v) is 6.09. The number of rotatable bonds is 6. The van der Waals surface area contributed by atoms with Gasteiger partial charge in [0, 0.05) is 24.3 Å². The van der Waals surface area contributed by atoms with Gasteiger partial charge in [-0.25, -0.2) is 4.79 Å². The van der Waals surface area contributed by atoms with Gasteiger partial charge >= 0.3 is 6.03 Å². The fourth-order valence-corrected chi connectivity index (χ4v) is 4.24. The summed E-state index contributed by atoms with van der Waals surface area (Å²) in [5, 5.41) is 5.50. The van der Waals surface area contributed by atoms with Gasteiger partial charge in [-0.05, 0) is 49.6 Å². The van der Waals surface area contributed by atoms with E-state index in [1.807, 2.05) is 38.1 Å². The molecule has 0 aliphatic carbocycles. The molecule has 2 aromatic rings. The molecule has 4 rings (SSSR count). The van der Waals surface area contributed by atoms with E-state index >= 15 is 0 Å². The largest absolute Gasteiger partial charge is 0.325 e. The van der Waals surface area contributed by atoms with Crippen molar-refractivity contribution in [3.8, 4) is 0 Å². The van der Waals surface area contributed by atoms with Crippen LogP contribution < -0.4 is 15.5 Å². The molecule has 2 heterocycles. The number of nitrogens with one attached hydrogen (secondary N) is 2. The van der Waals surface area contributed by atoms with Gasteiger partial charge in [0.2, 0.25) is 11.8 Å². The zero-order chi connectivity index (χ0) is 22.9. The van der Waals surface area contributed by atoms with Crippen molar-refractivity contribution in [2.45, 2.75) is 38.6 Å². The van der Waals surface area contributed by atoms with Crippen LogP contribution in [0.25, 0.3) is 0 Å². The van der Waals surface area contributed by atoms with Crippen molar-refractivity contribution in [1.82, 2.24) is 10.2 Å². The molecule has 0 saturated carbocycles. The average molecular weight is 434 g/mol. The summed E-state index contributed by atoms with van der Waals surface area (Å²) < 4.78 is 0. The number of imide groups is 1. The van der Waals surface area contributed by atoms with Crippen molar-refractivity contribution in [2.75, 3.05) is 23.3 Å². The summed E-state index contributed by atoms with van der Waals surface area (Å²) in [6, 6.07) is 13.8. The molecule has 8 nitrogen and oxygen atoms in total. The van der Waals surface area contributed by atoms with Crippen molar-refractivity contribution in [3.05, 3.63) is 59.7 Å². The Morgan fingerprint density at radius 1 is 1.06 bits per heavy atom. The van der Waals surface area contributed by atoms with Crippen molar-refractivity contribution in [2.24, 2.45) is 0 Å². The van der Waals surface area contributed by atoms with E-state index in [0.717, 1.165) is 22.6 Å². The SMILES string of the molecule is CC[C@]1(c2ccc(C)cc2)NC(=O)N(CC(=O)Nc2ccc(N3CCCC3=O)cc2)C1=O. The molecule has 2 aromatic carbocycles. The summed E-state index contributed by atoms with van der Waals surface area (Å²) in [5.74, 6) is -0.825. The second-order valence-electron chi connectivity index (χ2n) is 8.19. The lowest BCUT2D eigenvalue weighted by molar-refractivity contribution is -0.134. The maximum absolute atomic E-state index is 13.2. The van der Waals surface area contributed by atoms with Crippen molar-refractivity contribution >= 4 is 35.1 Å². The van der Waals surface area contributed by atoms with Gasteiger partial charge in [0.1, 0.15) is 12.1 Å². The Morgan fingerprint density at radius 3 is 2.34 bits per heavy atom. The molecule has 0 spiro atoms. The molecule has 1 atom stereocenters. The lowest BCUT2D eigenvalue weighted by atomic mass is 9.87. The van der Waals surface area contributed by atoms with Crippen LogP contribution in [0.1, 0.15) is 37.3 Å². The number of anilines is 2. The van der Waals surface area contributed by atoms with E-state index in [4.69, 9.17) is 0 Å². The Balaban J connectivity index is 1.44. The third kappa shape index (κ3) is 3.84. The predicted molar refractivity (Wildman–Crippen MR) is 120 cm³/mol. The normalized spacial score (nSPS) is 20.6. The topological polar surface area (TPSA) is 98.8 Å². The Morgan fingerprint density at radius 2 is 1.75 bits per heavy atom. The van der Waals surface area contributed by atoms with Crippen LogP contribution in [0.2, 0.25) is 0 Å². The molecule has 32 heavy (non-hydrogen) atoms. The van der Waals surface area contributed by atoms with E-state index in [9.17, 15) is 19.2 Å². The molecule has 166 valence electrons. The molecule has 0 aromatic heterocycles. The van der Waals surface area contributed by atoms with Gasteiger partial charge in [-0.2, -0.15) is 0 Å². The summed E-state index contributed by atoms with van der Waals surface area (Å²) in [4.78, 5) is 52.9. The van der Waals surface area contributed by atoms with Crippen LogP contribution in [0.5, 0.6) is 0 Å². The van der Waals surface area contributed by atoms with Gasteiger partial charge in [0.25, 0.3) is 5.91 Å². The van der Waals surface area contributed by atoms with E-state index in [2.05, 4.69) is 10.6 Å². The number of hydrogen-bond acceptors (Lipinski definition) is 4. The smallest absolute Gasteiger partial charge is 0.325 e. The fraction of sp³-hybridized carbons (Fsp3) is 0.333. The Hall–Kier alpha value is -3.68. The summed E-state index contributed by atoms with van der Waals surface area (Å²) in [6.07, 6.45) is 1.76. The first kappa shape index (κ1) is 21.5. The molecule has 8 heteroatoms. The van der Waals surface area contributed by atoms with Crippen LogP contribution in [-0.4, -0.2) is 41.7 Å². The maximum atomic E-state index is 13.2. The van der Waals surface area contributed by atoms with Crippen LogP contribution in [-0.2, 0) is 19.9 Å².